The number of nitrogens with one attached hydrogen (secondary N) is 2. The van der Waals surface area contributed by atoms with Crippen molar-refractivity contribution in [2.75, 3.05) is 24.3 Å². The van der Waals surface area contributed by atoms with E-state index in [0.717, 1.165) is 48.5 Å². The average Bonchev–Trinajstić information content (AvgIpc) is 2.74. The number of rotatable bonds is 6. The van der Waals surface area contributed by atoms with E-state index in [0.29, 0.717) is 5.52 Å². The first-order valence-corrected chi connectivity index (χ1v) is 12.0. The minimum Gasteiger partial charge on any atom is -0.367 e. The van der Waals surface area contributed by atoms with Crippen molar-refractivity contribution in [3.8, 4) is 0 Å². The molecular formula is C22H28N6O2S. The van der Waals surface area contributed by atoms with Gasteiger partial charge in [0, 0.05) is 43.8 Å². The van der Waals surface area contributed by atoms with E-state index in [1.54, 1.807) is 24.4 Å². The van der Waals surface area contributed by atoms with Crippen LogP contribution in [0.3, 0.4) is 0 Å². The van der Waals surface area contributed by atoms with Crippen LogP contribution in [-0.4, -0.2) is 49.5 Å². The predicted octanol–water partition coefficient (Wildman–Crippen LogP) is 3.10. The van der Waals surface area contributed by atoms with Crippen LogP contribution in [0.2, 0.25) is 0 Å². The fourth-order valence-corrected chi connectivity index (χ4v) is 5.48. The number of hydrogen-bond acceptors (Lipinski definition) is 7. The molecule has 0 unspecified atom stereocenters. The molecule has 0 aliphatic heterocycles. The van der Waals surface area contributed by atoms with Gasteiger partial charge in [-0.25, -0.2) is 23.1 Å². The lowest BCUT2D eigenvalue weighted by atomic mass is 9.92. The number of aryl methyl sites for hydroxylation is 1. The molecule has 4 rings (SSSR count). The largest absolute Gasteiger partial charge is 0.367 e. The number of benzene rings is 1. The number of aromatic nitrogens is 3. The molecule has 1 aliphatic rings. The maximum absolute atomic E-state index is 13.0. The van der Waals surface area contributed by atoms with E-state index in [1.165, 1.54) is 0 Å². The lowest BCUT2D eigenvalue weighted by molar-refractivity contribution is 0.387. The molecule has 1 aliphatic carbocycles. The molecule has 164 valence electrons. The van der Waals surface area contributed by atoms with Crippen LogP contribution in [0.5, 0.6) is 0 Å². The second-order valence-corrected chi connectivity index (χ2v) is 9.88. The highest BCUT2D eigenvalue weighted by atomic mass is 32.2. The Morgan fingerprint density at radius 2 is 1.71 bits per heavy atom. The van der Waals surface area contributed by atoms with E-state index in [4.69, 9.17) is 0 Å². The maximum Gasteiger partial charge on any atom is 0.242 e. The third-order valence-corrected chi connectivity index (χ3v) is 7.12. The summed E-state index contributed by atoms with van der Waals surface area (Å²) in [5.74, 6) is 2.39. The van der Waals surface area contributed by atoms with Crippen molar-refractivity contribution in [1.29, 1.82) is 0 Å². The van der Waals surface area contributed by atoms with Crippen molar-refractivity contribution < 1.29 is 8.42 Å². The third-order valence-electron chi connectivity index (χ3n) is 5.57. The number of pyridine rings is 1. The van der Waals surface area contributed by atoms with E-state index in [9.17, 15) is 8.42 Å². The molecule has 1 saturated carbocycles. The molecular weight excluding hydrogens is 412 g/mol. The summed E-state index contributed by atoms with van der Waals surface area (Å²) < 4.78 is 29.0. The molecule has 31 heavy (non-hydrogen) atoms. The van der Waals surface area contributed by atoms with E-state index >= 15 is 0 Å². The molecule has 0 saturated heterocycles. The standard InChI is InChI=1S/C22H28N6O2S/c1-15-24-20(14-21(25-15)28(2)3)26-17-9-11-18(12-10-17)27-31(29,30)19-8-4-6-16-7-5-13-23-22(16)19/h4-8,13-14,17-18,27H,9-12H2,1-3H3,(H,24,25,26). The monoisotopic (exact) mass is 440 g/mol. The number of fused-ring (bicyclic) bond motifs is 1. The SMILES string of the molecule is Cc1nc(NC2CCC(NS(=O)(=O)c3cccc4cccnc34)CC2)cc(N(C)C)n1. The summed E-state index contributed by atoms with van der Waals surface area (Å²) in [5, 5.41) is 4.31. The minimum absolute atomic E-state index is 0.0912. The zero-order chi connectivity index (χ0) is 22.0. The Balaban J connectivity index is 1.40. The van der Waals surface area contributed by atoms with Gasteiger partial charge in [-0.2, -0.15) is 0 Å². The van der Waals surface area contributed by atoms with Gasteiger partial charge in [0.15, 0.2) is 0 Å². The van der Waals surface area contributed by atoms with Gasteiger partial charge in [-0.3, -0.25) is 4.98 Å². The first-order chi connectivity index (χ1) is 14.8. The summed E-state index contributed by atoms with van der Waals surface area (Å²) in [6.45, 7) is 1.88. The molecule has 9 heteroatoms. The summed E-state index contributed by atoms with van der Waals surface area (Å²) in [5.41, 5.74) is 0.503. The Bertz CT molecular complexity index is 1170. The number of anilines is 2. The van der Waals surface area contributed by atoms with Gasteiger partial charge < -0.3 is 10.2 Å². The molecule has 3 aromatic rings. The van der Waals surface area contributed by atoms with Gasteiger partial charge >= 0.3 is 0 Å². The van der Waals surface area contributed by atoms with E-state index in [2.05, 4.69) is 25.0 Å². The second-order valence-electron chi connectivity index (χ2n) is 8.20. The Kier molecular flexibility index (Phi) is 6.06. The highest BCUT2D eigenvalue weighted by Crippen LogP contribution is 2.26. The number of sulfonamides is 1. The lowest BCUT2D eigenvalue weighted by Crippen LogP contribution is -2.40. The second kappa shape index (κ2) is 8.76. The maximum atomic E-state index is 13.0. The third kappa shape index (κ3) is 4.94. The van der Waals surface area contributed by atoms with Gasteiger partial charge in [-0.1, -0.05) is 18.2 Å². The van der Waals surface area contributed by atoms with Crippen LogP contribution in [0.4, 0.5) is 11.6 Å². The molecule has 1 aromatic carbocycles. The highest BCUT2D eigenvalue weighted by Gasteiger charge is 2.27. The Hall–Kier alpha value is -2.78. The molecule has 2 N–H and O–H groups in total. The predicted molar refractivity (Wildman–Crippen MR) is 123 cm³/mol. The average molecular weight is 441 g/mol. The summed E-state index contributed by atoms with van der Waals surface area (Å²) in [4.78, 5) is 15.4. The Labute approximate surface area is 183 Å². The summed E-state index contributed by atoms with van der Waals surface area (Å²) in [6.07, 6.45) is 4.87. The summed E-state index contributed by atoms with van der Waals surface area (Å²) in [7, 11) is 0.263. The van der Waals surface area contributed by atoms with Gasteiger partial charge in [-0.15, -0.1) is 0 Å². The summed E-state index contributed by atoms with van der Waals surface area (Å²) in [6, 6.07) is 11.0. The molecule has 0 atom stereocenters. The molecule has 2 aromatic heterocycles. The topological polar surface area (TPSA) is 100 Å². The number of hydrogen-bond donors (Lipinski definition) is 2. The zero-order valence-corrected chi connectivity index (χ0v) is 18.9. The summed E-state index contributed by atoms with van der Waals surface area (Å²) >= 11 is 0. The van der Waals surface area contributed by atoms with Gasteiger partial charge in [0.25, 0.3) is 0 Å². The van der Waals surface area contributed by atoms with Crippen LogP contribution in [0.1, 0.15) is 31.5 Å². The van der Waals surface area contributed by atoms with Crippen LogP contribution in [-0.2, 0) is 10.0 Å². The van der Waals surface area contributed by atoms with Crippen molar-refractivity contribution in [2.45, 2.75) is 49.6 Å². The Morgan fingerprint density at radius 1 is 1.00 bits per heavy atom. The number of para-hydroxylation sites is 1. The van der Waals surface area contributed by atoms with Crippen LogP contribution < -0.4 is 14.9 Å². The molecule has 0 radical (unpaired) electrons. The molecule has 1 fully saturated rings. The van der Waals surface area contributed by atoms with Crippen molar-refractivity contribution in [1.82, 2.24) is 19.7 Å². The van der Waals surface area contributed by atoms with Crippen molar-refractivity contribution in [3.63, 3.8) is 0 Å². The molecule has 2 heterocycles. The van der Waals surface area contributed by atoms with E-state index in [1.807, 2.05) is 44.1 Å². The van der Waals surface area contributed by atoms with Crippen LogP contribution >= 0.6 is 0 Å². The van der Waals surface area contributed by atoms with Gasteiger partial charge in [0.05, 0.1) is 5.52 Å². The smallest absolute Gasteiger partial charge is 0.242 e. The van der Waals surface area contributed by atoms with E-state index in [-0.39, 0.29) is 17.0 Å². The van der Waals surface area contributed by atoms with Crippen molar-refractivity contribution in [3.05, 3.63) is 48.4 Å². The highest BCUT2D eigenvalue weighted by molar-refractivity contribution is 7.89. The van der Waals surface area contributed by atoms with Gasteiger partial charge in [-0.05, 0) is 44.7 Å². The molecule has 8 nitrogen and oxygen atoms in total. The fraction of sp³-hybridized carbons (Fsp3) is 0.409. The van der Waals surface area contributed by atoms with Crippen LogP contribution in [0, 0.1) is 6.92 Å². The Morgan fingerprint density at radius 3 is 2.45 bits per heavy atom. The normalized spacial score (nSPS) is 19.3. The number of nitrogens with zero attached hydrogens (tertiary/aromatic N) is 4. The zero-order valence-electron chi connectivity index (χ0n) is 18.0. The fourth-order valence-electron chi connectivity index (χ4n) is 4.00. The first kappa shape index (κ1) is 21.5. The quantitative estimate of drug-likeness (QED) is 0.607. The molecule has 0 bridgehead atoms. The lowest BCUT2D eigenvalue weighted by Gasteiger charge is -2.30. The molecule has 0 amide bonds. The minimum atomic E-state index is -3.64. The van der Waals surface area contributed by atoms with Crippen molar-refractivity contribution in [2.24, 2.45) is 0 Å². The van der Waals surface area contributed by atoms with Gasteiger partial charge in [0.1, 0.15) is 22.4 Å². The first-order valence-electron chi connectivity index (χ1n) is 10.5. The van der Waals surface area contributed by atoms with Crippen LogP contribution in [0.25, 0.3) is 10.9 Å². The van der Waals surface area contributed by atoms with Gasteiger partial charge in [0.2, 0.25) is 10.0 Å². The van der Waals surface area contributed by atoms with Crippen molar-refractivity contribution >= 4 is 32.6 Å². The van der Waals surface area contributed by atoms with E-state index < -0.39 is 10.0 Å². The molecule has 0 spiro atoms. The van der Waals surface area contributed by atoms with Crippen LogP contribution in [0.15, 0.2) is 47.5 Å².